The van der Waals surface area contributed by atoms with Gasteiger partial charge in [0.2, 0.25) is 0 Å². The average molecular weight is 385 g/mol. The Morgan fingerprint density at radius 1 is 1.23 bits per heavy atom. The standard InChI is InChI=1S/C17H18ClFN2O5/c1-25-15(23)9-14(22)21(10-12-3-5-13(19)6-4-12)20-8-7-17(18,11-20)16(24)26-2/h3-8H,9-11H2,1-2H3. The van der Waals surface area contributed by atoms with Gasteiger partial charge in [-0.15, -0.1) is 0 Å². The molecule has 0 bridgehead atoms. The zero-order valence-electron chi connectivity index (χ0n) is 14.3. The summed E-state index contributed by atoms with van der Waals surface area (Å²) >= 11 is 6.24. The maximum atomic E-state index is 13.1. The fraction of sp³-hybridized carbons (Fsp3) is 0.353. The molecular formula is C17H18ClFN2O5. The molecule has 0 N–H and O–H groups in total. The molecule has 1 aromatic rings. The van der Waals surface area contributed by atoms with Gasteiger partial charge in [0.05, 0.1) is 27.3 Å². The molecule has 0 fully saturated rings. The lowest BCUT2D eigenvalue weighted by atomic mass is 10.1. The number of alkyl halides is 1. The van der Waals surface area contributed by atoms with Crippen LogP contribution in [-0.4, -0.2) is 53.5 Å². The van der Waals surface area contributed by atoms with E-state index < -0.39 is 35.0 Å². The van der Waals surface area contributed by atoms with Crippen molar-refractivity contribution in [2.75, 3.05) is 20.8 Å². The topological polar surface area (TPSA) is 76.2 Å². The maximum Gasteiger partial charge on any atom is 0.332 e. The minimum atomic E-state index is -1.44. The highest BCUT2D eigenvalue weighted by atomic mass is 35.5. The second kappa shape index (κ2) is 8.18. The number of nitrogens with zero attached hydrogens (tertiary/aromatic N) is 2. The maximum absolute atomic E-state index is 13.1. The number of esters is 2. The molecule has 1 aromatic carbocycles. The first-order valence-electron chi connectivity index (χ1n) is 7.64. The molecule has 26 heavy (non-hydrogen) atoms. The summed E-state index contributed by atoms with van der Waals surface area (Å²) in [6.07, 6.45) is 2.38. The normalized spacial score (nSPS) is 18.5. The molecule has 0 aliphatic carbocycles. The number of carbonyl (C=O) groups excluding carboxylic acids is 3. The second-order valence-electron chi connectivity index (χ2n) is 5.60. The van der Waals surface area contributed by atoms with Gasteiger partial charge >= 0.3 is 11.9 Å². The van der Waals surface area contributed by atoms with Crippen LogP contribution in [0.25, 0.3) is 0 Å². The fourth-order valence-corrected chi connectivity index (χ4v) is 2.64. The number of rotatable bonds is 6. The van der Waals surface area contributed by atoms with Crippen molar-refractivity contribution >= 4 is 29.4 Å². The monoisotopic (exact) mass is 384 g/mol. The van der Waals surface area contributed by atoms with Gasteiger partial charge in [0.25, 0.3) is 5.91 Å². The van der Waals surface area contributed by atoms with Crippen molar-refractivity contribution in [3.63, 3.8) is 0 Å². The van der Waals surface area contributed by atoms with Crippen LogP contribution in [0, 0.1) is 5.82 Å². The van der Waals surface area contributed by atoms with E-state index in [0.717, 1.165) is 0 Å². The third kappa shape index (κ3) is 4.51. The summed E-state index contributed by atoms with van der Waals surface area (Å²) in [4.78, 5) is 34.4. The minimum Gasteiger partial charge on any atom is -0.469 e. The largest absolute Gasteiger partial charge is 0.469 e. The van der Waals surface area contributed by atoms with E-state index in [2.05, 4.69) is 9.47 Å². The van der Waals surface area contributed by atoms with Crippen LogP contribution in [0.5, 0.6) is 0 Å². The summed E-state index contributed by atoms with van der Waals surface area (Å²) in [5, 5.41) is 2.66. The van der Waals surface area contributed by atoms with Crippen LogP contribution in [-0.2, 0) is 30.4 Å². The first-order chi connectivity index (χ1) is 12.3. The van der Waals surface area contributed by atoms with Gasteiger partial charge in [-0.1, -0.05) is 23.7 Å². The minimum absolute atomic E-state index is 0.0502. The lowest BCUT2D eigenvalue weighted by molar-refractivity contribution is -0.155. The van der Waals surface area contributed by atoms with Crippen molar-refractivity contribution in [2.45, 2.75) is 17.8 Å². The second-order valence-corrected chi connectivity index (χ2v) is 6.27. The number of hydrazine groups is 1. The smallest absolute Gasteiger partial charge is 0.332 e. The first kappa shape index (κ1) is 19.7. The fourth-order valence-electron chi connectivity index (χ4n) is 2.39. The number of carbonyl (C=O) groups is 3. The van der Waals surface area contributed by atoms with Crippen LogP contribution < -0.4 is 0 Å². The van der Waals surface area contributed by atoms with E-state index >= 15 is 0 Å². The van der Waals surface area contributed by atoms with Gasteiger partial charge in [-0.2, -0.15) is 0 Å². The van der Waals surface area contributed by atoms with Crippen LogP contribution in [0.3, 0.4) is 0 Å². The molecule has 0 radical (unpaired) electrons. The Balaban J connectivity index is 2.22. The highest BCUT2D eigenvalue weighted by Crippen LogP contribution is 2.28. The summed E-state index contributed by atoms with van der Waals surface area (Å²) < 4.78 is 22.3. The van der Waals surface area contributed by atoms with Crippen molar-refractivity contribution in [1.82, 2.24) is 10.0 Å². The highest BCUT2D eigenvalue weighted by Gasteiger charge is 2.42. The zero-order chi connectivity index (χ0) is 19.3. The lowest BCUT2D eigenvalue weighted by Gasteiger charge is -2.33. The van der Waals surface area contributed by atoms with E-state index in [1.165, 1.54) is 60.8 Å². The molecule has 0 spiro atoms. The summed E-state index contributed by atoms with van der Waals surface area (Å²) in [6, 6.07) is 5.56. The van der Waals surface area contributed by atoms with Gasteiger partial charge in [0.1, 0.15) is 12.2 Å². The van der Waals surface area contributed by atoms with Gasteiger partial charge < -0.3 is 9.47 Å². The summed E-state index contributed by atoms with van der Waals surface area (Å²) in [5.74, 6) is -2.34. The molecule has 1 aliphatic heterocycles. The van der Waals surface area contributed by atoms with Crippen LogP contribution >= 0.6 is 11.6 Å². The van der Waals surface area contributed by atoms with Crippen LogP contribution in [0.4, 0.5) is 4.39 Å². The van der Waals surface area contributed by atoms with Crippen LogP contribution in [0.2, 0.25) is 0 Å². The molecule has 7 nitrogen and oxygen atoms in total. The molecule has 1 aliphatic rings. The van der Waals surface area contributed by atoms with E-state index in [4.69, 9.17) is 11.6 Å². The highest BCUT2D eigenvalue weighted by molar-refractivity contribution is 6.36. The SMILES string of the molecule is COC(=O)CC(=O)N(Cc1ccc(F)cc1)N1C=CC(Cl)(C(=O)OC)C1. The predicted octanol–water partition coefficient (Wildman–Crippen LogP) is 1.61. The van der Waals surface area contributed by atoms with Crippen LogP contribution in [0.15, 0.2) is 36.5 Å². The number of halogens is 2. The van der Waals surface area contributed by atoms with Gasteiger partial charge in [0, 0.05) is 6.20 Å². The zero-order valence-corrected chi connectivity index (χ0v) is 15.0. The van der Waals surface area contributed by atoms with Gasteiger partial charge in [-0.3, -0.25) is 14.6 Å². The van der Waals surface area contributed by atoms with E-state index in [1.54, 1.807) is 0 Å². The van der Waals surface area contributed by atoms with Crippen LogP contribution in [0.1, 0.15) is 12.0 Å². The van der Waals surface area contributed by atoms with E-state index in [0.29, 0.717) is 5.56 Å². The molecule has 9 heteroatoms. The number of benzene rings is 1. The summed E-state index contributed by atoms with van der Waals surface area (Å²) in [5.41, 5.74) is 0.628. The molecule has 0 saturated carbocycles. The van der Waals surface area contributed by atoms with Crippen molar-refractivity contribution in [1.29, 1.82) is 0 Å². The summed E-state index contributed by atoms with van der Waals surface area (Å²) in [7, 11) is 2.39. The van der Waals surface area contributed by atoms with Crippen molar-refractivity contribution in [3.8, 4) is 0 Å². The number of hydrogen-bond acceptors (Lipinski definition) is 6. The molecule has 0 saturated heterocycles. The molecule has 1 unspecified atom stereocenters. The number of amides is 1. The lowest BCUT2D eigenvalue weighted by Crippen LogP contribution is -2.47. The number of hydrogen-bond donors (Lipinski definition) is 0. The van der Waals surface area contributed by atoms with Crippen molar-refractivity contribution in [2.24, 2.45) is 0 Å². The Kier molecular flexibility index (Phi) is 6.20. The Morgan fingerprint density at radius 3 is 2.46 bits per heavy atom. The molecule has 1 atom stereocenters. The molecule has 1 amide bonds. The Hall–Kier alpha value is -2.61. The number of methoxy groups -OCH3 is 2. The van der Waals surface area contributed by atoms with Gasteiger partial charge in [-0.05, 0) is 23.8 Å². The number of ether oxygens (including phenoxy) is 2. The van der Waals surface area contributed by atoms with Gasteiger partial charge in [-0.25, -0.2) is 14.2 Å². The Bertz CT molecular complexity index is 724. The van der Waals surface area contributed by atoms with E-state index in [-0.39, 0.29) is 13.1 Å². The van der Waals surface area contributed by atoms with Gasteiger partial charge in [0.15, 0.2) is 4.87 Å². The third-order valence-electron chi connectivity index (χ3n) is 3.79. The molecule has 2 rings (SSSR count). The van der Waals surface area contributed by atoms with E-state index in [1.807, 2.05) is 0 Å². The molecule has 0 aromatic heterocycles. The van der Waals surface area contributed by atoms with Crippen molar-refractivity contribution in [3.05, 3.63) is 47.9 Å². The quantitative estimate of drug-likeness (QED) is 0.421. The average Bonchev–Trinajstić information content (AvgIpc) is 3.03. The Morgan fingerprint density at radius 2 is 1.88 bits per heavy atom. The van der Waals surface area contributed by atoms with E-state index in [9.17, 15) is 18.8 Å². The summed E-state index contributed by atoms with van der Waals surface area (Å²) in [6.45, 7) is -0.00999. The first-order valence-corrected chi connectivity index (χ1v) is 8.01. The molecular weight excluding hydrogens is 367 g/mol. The third-order valence-corrected chi connectivity index (χ3v) is 4.19. The van der Waals surface area contributed by atoms with Crippen molar-refractivity contribution < 1.29 is 28.2 Å². The predicted molar refractivity (Wildman–Crippen MR) is 90.0 cm³/mol. The molecule has 140 valence electrons. The molecule has 1 heterocycles. The Labute approximate surface area is 154 Å².